The zero-order chi connectivity index (χ0) is 9.10. The Labute approximate surface area is 90.6 Å². The van der Waals surface area contributed by atoms with E-state index >= 15 is 0 Å². The molecular formula is C10H7ClS2. The number of hydrogen-bond donors (Lipinski definition) is 0. The molecule has 0 fully saturated rings. The van der Waals surface area contributed by atoms with Crippen LogP contribution in [0.2, 0.25) is 5.02 Å². The van der Waals surface area contributed by atoms with Crippen LogP contribution < -0.4 is 0 Å². The molecule has 0 nitrogen and oxygen atoms in total. The van der Waals surface area contributed by atoms with Gasteiger partial charge in [0, 0.05) is 4.90 Å². The van der Waals surface area contributed by atoms with Crippen LogP contribution in [0.1, 0.15) is 0 Å². The lowest BCUT2D eigenvalue weighted by Gasteiger charge is -1.99. The largest absolute Gasteiger partial charge is 0.137 e. The second-order valence-corrected chi connectivity index (χ2v) is 5.16. The molecule has 2 rings (SSSR count). The smallest absolute Gasteiger partial charge is 0.0646 e. The van der Waals surface area contributed by atoms with Gasteiger partial charge in [-0.2, -0.15) is 0 Å². The van der Waals surface area contributed by atoms with Crippen molar-refractivity contribution >= 4 is 34.7 Å². The summed E-state index contributed by atoms with van der Waals surface area (Å²) < 4.78 is 1.27. The van der Waals surface area contributed by atoms with Crippen LogP contribution in [0.5, 0.6) is 0 Å². The van der Waals surface area contributed by atoms with Gasteiger partial charge in [-0.3, -0.25) is 0 Å². The highest BCUT2D eigenvalue weighted by Gasteiger charge is 2.01. The van der Waals surface area contributed by atoms with Crippen molar-refractivity contribution in [3.8, 4) is 0 Å². The van der Waals surface area contributed by atoms with Gasteiger partial charge < -0.3 is 0 Å². The monoisotopic (exact) mass is 226 g/mol. The van der Waals surface area contributed by atoms with Gasteiger partial charge >= 0.3 is 0 Å². The first-order chi connectivity index (χ1) is 6.36. The topological polar surface area (TPSA) is 0 Å². The van der Waals surface area contributed by atoms with Crippen LogP contribution >= 0.6 is 34.7 Å². The molecule has 1 aromatic heterocycles. The molecule has 0 N–H and O–H groups in total. The van der Waals surface area contributed by atoms with Gasteiger partial charge in [0.1, 0.15) is 0 Å². The maximum Gasteiger partial charge on any atom is 0.0646 e. The zero-order valence-corrected chi connectivity index (χ0v) is 9.12. The van der Waals surface area contributed by atoms with Crippen LogP contribution in [0.15, 0.2) is 50.9 Å². The third-order valence-corrected chi connectivity index (χ3v) is 4.10. The Morgan fingerprint density at radius 3 is 2.62 bits per heavy atom. The summed E-state index contributed by atoms with van der Waals surface area (Å²) in [6.07, 6.45) is 0. The van der Waals surface area contributed by atoms with Crippen molar-refractivity contribution in [3.05, 3.63) is 46.8 Å². The Morgan fingerprint density at radius 2 is 1.92 bits per heavy atom. The summed E-state index contributed by atoms with van der Waals surface area (Å²) in [5, 5.41) is 2.89. The molecule has 0 atom stereocenters. The van der Waals surface area contributed by atoms with Gasteiger partial charge in [0.2, 0.25) is 0 Å². The van der Waals surface area contributed by atoms with Crippen LogP contribution in [-0.4, -0.2) is 0 Å². The van der Waals surface area contributed by atoms with E-state index in [4.69, 9.17) is 11.6 Å². The zero-order valence-electron chi connectivity index (χ0n) is 6.74. The second-order valence-electron chi connectivity index (χ2n) is 2.46. The predicted molar refractivity (Wildman–Crippen MR) is 59.9 cm³/mol. The number of thiophene rings is 1. The Morgan fingerprint density at radius 1 is 1.08 bits per heavy atom. The first-order valence-corrected chi connectivity index (χ1v) is 5.89. The molecule has 0 radical (unpaired) electrons. The summed E-state index contributed by atoms with van der Waals surface area (Å²) in [6, 6.07) is 12.0. The maximum absolute atomic E-state index is 6.02. The average molecular weight is 227 g/mol. The Bertz CT molecular complexity index is 382. The summed E-state index contributed by atoms with van der Waals surface area (Å²) >= 11 is 9.46. The molecule has 0 saturated heterocycles. The molecule has 0 bridgehead atoms. The average Bonchev–Trinajstić information content (AvgIpc) is 2.61. The summed E-state index contributed by atoms with van der Waals surface area (Å²) in [5.74, 6) is 0. The lowest BCUT2D eigenvalue weighted by molar-refractivity contribution is 1.46. The van der Waals surface area contributed by atoms with E-state index in [2.05, 4.69) is 11.4 Å². The molecular weight excluding hydrogens is 220 g/mol. The molecule has 3 heteroatoms. The van der Waals surface area contributed by atoms with Crippen molar-refractivity contribution in [2.75, 3.05) is 0 Å². The summed E-state index contributed by atoms with van der Waals surface area (Å²) in [4.78, 5) is 1.12. The van der Waals surface area contributed by atoms with Crippen LogP contribution in [0.25, 0.3) is 0 Å². The molecule has 13 heavy (non-hydrogen) atoms. The van der Waals surface area contributed by atoms with E-state index in [1.165, 1.54) is 4.21 Å². The summed E-state index contributed by atoms with van der Waals surface area (Å²) in [5.41, 5.74) is 0. The van der Waals surface area contributed by atoms with E-state index in [-0.39, 0.29) is 0 Å². The van der Waals surface area contributed by atoms with Crippen molar-refractivity contribution in [2.45, 2.75) is 9.10 Å². The van der Waals surface area contributed by atoms with Crippen LogP contribution in [0.4, 0.5) is 0 Å². The number of hydrogen-bond acceptors (Lipinski definition) is 2. The number of rotatable bonds is 2. The molecule has 0 aliphatic carbocycles. The summed E-state index contributed by atoms with van der Waals surface area (Å²) in [7, 11) is 0. The maximum atomic E-state index is 6.02. The van der Waals surface area contributed by atoms with E-state index in [0.29, 0.717) is 0 Å². The van der Waals surface area contributed by atoms with Crippen LogP contribution in [0, 0.1) is 0 Å². The molecule has 0 saturated carbocycles. The molecule has 66 valence electrons. The molecule has 0 unspecified atom stereocenters. The molecule has 0 aliphatic heterocycles. The van der Waals surface area contributed by atoms with Crippen molar-refractivity contribution in [2.24, 2.45) is 0 Å². The van der Waals surface area contributed by atoms with E-state index in [0.717, 1.165) is 9.92 Å². The lowest BCUT2D eigenvalue weighted by atomic mass is 10.4. The number of benzene rings is 1. The van der Waals surface area contributed by atoms with E-state index < -0.39 is 0 Å². The van der Waals surface area contributed by atoms with Gasteiger partial charge in [-0.05, 0) is 23.6 Å². The van der Waals surface area contributed by atoms with E-state index in [1.807, 2.05) is 30.3 Å². The minimum atomic E-state index is 0.820. The Hall–Kier alpha value is -0.440. The van der Waals surface area contributed by atoms with E-state index in [9.17, 15) is 0 Å². The fraction of sp³-hybridized carbons (Fsp3) is 0. The van der Waals surface area contributed by atoms with Gasteiger partial charge in [-0.25, -0.2) is 0 Å². The van der Waals surface area contributed by atoms with Gasteiger partial charge in [-0.15, -0.1) is 11.3 Å². The highest BCUT2D eigenvalue weighted by molar-refractivity contribution is 8.01. The fourth-order valence-corrected chi connectivity index (χ4v) is 2.96. The number of halogens is 1. The van der Waals surface area contributed by atoms with Gasteiger partial charge in [0.25, 0.3) is 0 Å². The van der Waals surface area contributed by atoms with E-state index in [1.54, 1.807) is 23.1 Å². The quantitative estimate of drug-likeness (QED) is 0.724. The molecule has 0 amide bonds. The highest BCUT2D eigenvalue weighted by Crippen LogP contribution is 2.35. The predicted octanol–water partition coefficient (Wildman–Crippen LogP) is 4.55. The third kappa shape index (κ3) is 2.27. The first-order valence-electron chi connectivity index (χ1n) is 3.82. The van der Waals surface area contributed by atoms with Crippen molar-refractivity contribution < 1.29 is 0 Å². The first kappa shape index (κ1) is 9.13. The van der Waals surface area contributed by atoms with Crippen LogP contribution in [0.3, 0.4) is 0 Å². The Kier molecular flexibility index (Phi) is 2.94. The summed E-state index contributed by atoms with van der Waals surface area (Å²) in [6.45, 7) is 0. The van der Waals surface area contributed by atoms with Crippen molar-refractivity contribution in [3.63, 3.8) is 0 Å². The second kappa shape index (κ2) is 4.18. The standard InChI is InChI=1S/C10H7ClS2/c11-8-4-1-2-5-9(8)13-10-6-3-7-12-10/h1-7H. The molecule has 1 aromatic carbocycles. The molecule has 0 spiro atoms. The fourth-order valence-electron chi connectivity index (χ4n) is 0.957. The minimum absolute atomic E-state index is 0.820. The van der Waals surface area contributed by atoms with Gasteiger partial charge in [-0.1, -0.05) is 41.6 Å². The van der Waals surface area contributed by atoms with Crippen molar-refractivity contribution in [1.82, 2.24) is 0 Å². The van der Waals surface area contributed by atoms with Crippen molar-refractivity contribution in [1.29, 1.82) is 0 Å². The van der Waals surface area contributed by atoms with Crippen LogP contribution in [-0.2, 0) is 0 Å². The van der Waals surface area contributed by atoms with Gasteiger partial charge in [0.15, 0.2) is 0 Å². The molecule has 0 aliphatic rings. The minimum Gasteiger partial charge on any atom is -0.137 e. The molecule has 2 aromatic rings. The lowest BCUT2D eigenvalue weighted by Crippen LogP contribution is -1.70. The highest BCUT2D eigenvalue weighted by atomic mass is 35.5. The third-order valence-electron chi connectivity index (χ3n) is 1.54. The molecule has 1 heterocycles. The van der Waals surface area contributed by atoms with Gasteiger partial charge in [0.05, 0.1) is 9.23 Å². The normalized spacial score (nSPS) is 10.2. The Balaban J connectivity index is 2.24. The SMILES string of the molecule is Clc1ccccc1Sc1cccs1.